The molecule has 5 aromatic rings. The second-order valence-electron chi connectivity index (χ2n) is 13.1. The van der Waals surface area contributed by atoms with Gasteiger partial charge < -0.3 is 9.47 Å². The number of para-hydroxylation sites is 1. The van der Waals surface area contributed by atoms with Crippen LogP contribution in [0.1, 0.15) is 82.6 Å². The monoisotopic (exact) mass is 749 g/mol. The van der Waals surface area contributed by atoms with E-state index in [9.17, 15) is 18.0 Å². The minimum atomic E-state index is -4.67. The number of hydrogen-bond donors (Lipinski definition) is 0. The fourth-order valence-electron chi connectivity index (χ4n) is 6.80. The minimum absolute atomic E-state index is 0.0278. The third kappa shape index (κ3) is 9.96. The van der Waals surface area contributed by atoms with Crippen molar-refractivity contribution in [2.24, 2.45) is 0 Å². The summed E-state index contributed by atoms with van der Waals surface area (Å²) in [5.74, 6) is -0.410. The van der Waals surface area contributed by atoms with Crippen LogP contribution in [0.5, 0.6) is 0 Å². The van der Waals surface area contributed by atoms with Gasteiger partial charge >= 0.3 is 6.18 Å². The van der Waals surface area contributed by atoms with Crippen molar-refractivity contribution in [1.29, 1.82) is 0 Å². The summed E-state index contributed by atoms with van der Waals surface area (Å²) in [7, 11) is 0. The summed E-state index contributed by atoms with van der Waals surface area (Å²) in [4.78, 5) is 24.0. The largest absolute Gasteiger partial charge is 0.417 e. The summed E-state index contributed by atoms with van der Waals surface area (Å²) < 4.78 is 55.7. The number of alkyl halides is 3. The van der Waals surface area contributed by atoms with E-state index in [1.807, 2.05) is 83.3 Å². The lowest BCUT2D eigenvalue weighted by atomic mass is 9.97. The van der Waals surface area contributed by atoms with Crippen LogP contribution in [-0.4, -0.2) is 28.8 Å². The molecule has 7 rings (SSSR count). The highest BCUT2D eigenvalue weighted by Gasteiger charge is 2.35. The molecular weight excluding hydrogens is 700 g/mol. The number of ether oxygens (including phenoxy) is 2. The molecule has 1 aliphatic heterocycles. The molecule has 1 aliphatic carbocycles. The molecule has 1 amide bonds. The summed E-state index contributed by atoms with van der Waals surface area (Å²) in [6.07, 6.45) is 8.69. The average Bonchev–Trinajstić information content (AvgIpc) is 3.42. The third-order valence-electron chi connectivity index (χ3n) is 9.37. The van der Waals surface area contributed by atoms with Gasteiger partial charge in [-0.3, -0.25) is 19.7 Å². The van der Waals surface area contributed by atoms with Crippen LogP contribution in [0.2, 0.25) is 0 Å². The van der Waals surface area contributed by atoms with Gasteiger partial charge in [-0.05, 0) is 97.2 Å². The maximum atomic E-state index is 14.7. The predicted molar refractivity (Wildman–Crippen MR) is 216 cm³/mol. The van der Waals surface area contributed by atoms with Gasteiger partial charge in [0, 0.05) is 42.2 Å². The molecule has 3 aromatic carbocycles. The number of amides is 1. The van der Waals surface area contributed by atoms with Crippen LogP contribution < -0.4 is 15.5 Å². The SMILES string of the molecule is CC.CC.CC(=O)N(c1ccc(-c2ccc(COC3CCCCO3)cc2)c(C(F)(F)F)c1)c1c(C)cnc2c1=CCC(Cc1cnc3ccccc3c1)=CC=2. The van der Waals surface area contributed by atoms with Crippen LogP contribution in [0.15, 0.2) is 96.8 Å². The Morgan fingerprint density at radius 3 is 2.38 bits per heavy atom. The van der Waals surface area contributed by atoms with Gasteiger partial charge in [0.2, 0.25) is 5.91 Å². The van der Waals surface area contributed by atoms with E-state index in [0.29, 0.717) is 53.4 Å². The number of benzene rings is 3. The van der Waals surface area contributed by atoms with E-state index in [4.69, 9.17) is 9.47 Å². The first kappa shape index (κ1) is 41.1. The van der Waals surface area contributed by atoms with Gasteiger partial charge in [-0.1, -0.05) is 94.0 Å². The lowest BCUT2D eigenvalue weighted by Gasteiger charge is -2.26. The first-order valence-electron chi connectivity index (χ1n) is 19.2. The average molecular weight is 750 g/mol. The number of aryl methyl sites for hydroxylation is 1. The molecule has 2 aliphatic rings. The highest BCUT2D eigenvalue weighted by Crippen LogP contribution is 2.40. The molecule has 2 aromatic heterocycles. The van der Waals surface area contributed by atoms with E-state index in [-0.39, 0.29) is 17.5 Å². The van der Waals surface area contributed by atoms with E-state index in [1.165, 1.54) is 17.9 Å². The molecule has 1 saturated heterocycles. The normalized spacial score (nSPS) is 15.1. The molecule has 0 spiro atoms. The molecule has 1 atom stereocenters. The molecule has 0 radical (unpaired) electrons. The van der Waals surface area contributed by atoms with Crippen LogP contribution in [0.4, 0.5) is 24.5 Å². The smallest absolute Gasteiger partial charge is 0.353 e. The number of carbonyl (C=O) groups is 1. The van der Waals surface area contributed by atoms with Crippen molar-refractivity contribution in [2.75, 3.05) is 11.5 Å². The molecule has 6 nitrogen and oxygen atoms in total. The first-order chi connectivity index (χ1) is 26.6. The zero-order valence-electron chi connectivity index (χ0n) is 32.5. The van der Waals surface area contributed by atoms with Crippen molar-refractivity contribution < 1.29 is 27.4 Å². The number of allylic oxidation sites excluding steroid dienone is 2. The Balaban J connectivity index is 0.00000140. The van der Waals surface area contributed by atoms with E-state index in [0.717, 1.165) is 52.9 Å². The molecule has 9 heteroatoms. The summed E-state index contributed by atoms with van der Waals surface area (Å²) in [5, 5.41) is 2.40. The lowest BCUT2D eigenvalue weighted by Crippen LogP contribution is -2.37. The molecular formula is C46H50F3N3O3. The molecule has 0 bridgehead atoms. The molecule has 0 N–H and O–H groups in total. The lowest BCUT2D eigenvalue weighted by molar-refractivity contribution is -0.168. The van der Waals surface area contributed by atoms with E-state index >= 15 is 0 Å². The molecule has 288 valence electrons. The zero-order valence-corrected chi connectivity index (χ0v) is 32.5. The van der Waals surface area contributed by atoms with Crippen LogP contribution in [0, 0.1) is 6.92 Å². The van der Waals surface area contributed by atoms with E-state index in [2.05, 4.69) is 16.0 Å². The summed E-state index contributed by atoms with van der Waals surface area (Å²) in [5.41, 5.74) is 4.88. The third-order valence-corrected chi connectivity index (χ3v) is 9.37. The topological polar surface area (TPSA) is 64.6 Å². The van der Waals surface area contributed by atoms with Crippen molar-refractivity contribution in [3.05, 3.63) is 130 Å². The summed E-state index contributed by atoms with van der Waals surface area (Å²) in [6.45, 7) is 12.2. The quantitative estimate of drug-likeness (QED) is 0.158. The van der Waals surface area contributed by atoms with Gasteiger partial charge in [0.05, 0.1) is 28.7 Å². The van der Waals surface area contributed by atoms with E-state index < -0.39 is 17.6 Å². The van der Waals surface area contributed by atoms with Gasteiger partial charge in [-0.25, -0.2) is 0 Å². The number of halogens is 3. The minimum Gasteiger partial charge on any atom is -0.353 e. The fourth-order valence-corrected chi connectivity index (χ4v) is 6.80. The maximum absolute atomic E-state index is 14.7. The highest BCUT2D eigenvalue weighted by molar-refractivity contribution is 6.00. The fraction of sp³-hybridized carbons (Fsp3) is 0.326. The number of rotatable bonds is 8. The Kier molecular flexibility index (Phi) is 14.2. The number of anilines is 2. The van der Waals surface area contributed by atoms with Crippen molar-refractivity contribution in [1.82, 2.24) is 9.97 Å². The number of hydrogen-bond acceptors (Lipinski definition) is 5. The van der Waals surface area contributed by atoms with Crippen molar-refractivity contribution in [2.45, 2.75) is 92.7 Å². The Morgan fingerprint density at radius 2 is 1.67 bits per heavy atom. The Hall–Kier alpha value is -5.12. The molecule has 1 fully saturated rings. The second-order valence-corrected chi connectivity index (χ2v) is 13.1. The zero-order chi connectivity index (χ0) is 39.5. The van der Waals surface area contributed by atoms with Gasteiger partial charge in [-0.2, -0.15) is 13.2 Å². The van der Waals surface area contributed by atoms with Crippen LogP contribution in [0.25, 0.3) is 34.2 Å². The van der Waals surface area contributed by atoms with E-state index in [1.54, 1.807) is 36.5 Å². The predicted octanol–water partition coefficient (Wildman–Crippen LogP) is 10.5. The summed E-state index contributed by atoms with van der Waals surface area (Å²) >= 11 is 0. The number of pyridine rings is 2. The van der Waals surface area contributed by atoms with Crippen molar-refractivity contribution in [3.63, 3.8) is 0 Å². The van der Waals surface area contributed by atoms with Crippen LogP contribution in [0.3, 0.4) is 0 Å². The van der Waals surface area contributed by atoms with Crippen LogP contribution >= 0.6 is 0 Å². The number of nitrogens with zero attached hydrogens (tertiary/aromatic N) is 3. The Morgan fingerprint density at radius 1 is 0.909 bits per heavy atom. The maximum Gasteiger partial charge on any atom is 0.417 e. The Bertz CT molecular complexity index is 2240. The number of fused-ring (bicyclic) bond motifs is 2. The van der Waals surface area contributed by atoms with Crippen molar-refractivity contribution >= 4 is 40.3 Å². The van der Waals surface area contributed by atoms with Crippen LogP contribution in [-0.2, 0) is 33.5 Å². The number of aromatic nitrogens is 2. The van der Waals surface area contributed by atoms with Gasteiger partial charge in [0.15, 0.2) is 6.29 Å². The van der Waals surface area contributed by atoms with Gasteiger partial charge in [0.25, 0.3) is 0 Å². The highest BCUT2D eigenvalue weighted by atomic mass is 19.4. The molecule has 1 unspecified atom stereocenters. The summed E-state index contributed by atoms with van der Waals surface area (Å²) in [6, 6.07) is 21.1. The molecule has 55 heavy (non-hydrogen) atoms. The standard InChI is InChI=1S/C42H38F3N3O3.2C2H6/c1-27-24-46-39-19-13-29(21-31-22-33-7-3-4-8-38(33)47-25-31)12-17-36(39)41(27)48(28(2)49)34-16-18-35(37(23-34)42(43,44)45)32-14-10-30(11-15-32)26-51-40-9-5-6-20-50-40;2*1-2/h3-4,7-8,10-11,13-19,22-25,40H,5-6,9,12,20-21,26H2,1-2H3;2*1-2H3. The molecule has 3 heterocycles. The Labute approximate surface area is 322 Å². The van der Waals surface area contributed by atoms with Gasteiger partial charge in [0.1, 0.15) is 0 Å². The second kappa shape index (κ2) is 19.0. The van der Waals surface area contributed by atoms with Crippen molar-refractivity contribution in [3.8, 4) is 11.1 Å². The number of carbonyl (C=O) groups excluding carboxylic acids is 1. The van der Waals surface area contributed by atoms with Gasteiger partial charge in [-0.15, -0.1) is 0 Å². The first-order valence-corrected chi connectivity index (χ1v) is 19.2. The molecule has 0 saturated carbocycles.